The fourth-order valence-corrected chi connectivity index (χ4v) is 2.93. The van der Waals surface area contributed by atoms with E-state index in [0.29, 0.717) is 6.61 Å². The Kier molecular flexibility index (Phi) is 5.66. The second kappa shape index (κ2) is 7.27. The molecule has 0 spiro atoms. The van der Waals surface area contributed by atoms with Crippen LogP contribution in [0.1, 0.15) is 31.4 Å². The van der Waals surface area contributed by atoms with Crippen LogP contribution < -0.4 is 10.6 Å². The molecular weight excluding hydrogens is 276 g/mol. The highest BCUT2D eigenvalue weighted by Gasteiger charge is 2.20. The van der Waals surface area contributed by atoms with Crippen LogP contribution in [0.3, 0.4) is 0 Å². The average molecular weight is 299 g/mol. The maximum atomic E-state index is 8.77. The lowest BCUT2D eigenvalue weighted by molar-refractivity contribution is 0.0159. The van der Waals surface area contributed by atoms with Crippen LogP contribution in [0.25, 0.3) is 0 Å². The molecule has 0 aliphatic carbocycles. The third kappa shape index (κ3) is 3.85. The van der Waals surface area contributed by atoms with E-state index in [2.05, 4.69) is 11.0 Å². The van der Waals surface area contributed by atoms with Gasteiger partial charge in [-0.25, -0.2) is 0 Å². The van der Waals surface area contributed by atoms with Crippen molar-refractivity contribution in [3.63, 3.8) is 0 Å². The van der Waals surface area contributed by atoms with Gasteiger partial charge in [0, 0.05) is 29.8 Å². The number of nitrogens with two attached hydrogens (primary N) is 1. The smallest absolute Gasteiger partial charge is 0.0701 e. The van der Waals surface area contributed by atoms with E-state index in [-0.39, 0.29) is 18.8 Å². The zero-order valence-corrected chi connectivity index (χ0v) is 12.6. The molecule has 1 atom stereocenters. The number of benzene rings is 1. The van der Waals surface area contributed by atoms with Crippen molar-refractivity contribution in [2.75, 3.05) is 31.2 Å². The summed E-state index contributed by atoms with van der Waals surface area (Å²) in [6.07, 6.45) is 2.22. The molecule has 1 fully saturated rings. The van der Waals surface area contributed by atoms with Crippen molar-refractivity contribution in [2.45, 2.75) is 31.9 Å². The van der Waals surface area contributed by atoms with Crippen LogP contribution in [0, 0.1) is 0 Å². The molecule has 4 nitrogen and oxygen atoms in total. The molecule has 1 aromatic rings. The lowest BCUT2D eigenvalue weighted by Gasteiger charge is -2.33. The van der Waals surface area contributed by atoms with Crippen LogP contribution in [0.5, 0.6) is 0 Å². The minimum Gasteiger partial charge on any atom is -0.394 e. The Morgan fingerprint density at radius 2 is 2.15 bits per heavy atom. The van der Waals surface area contributed by atoms with Crippen LogP contribution in [0.4, 0.5) is 5.69 Å². The Bertz CT molecular complexity index is 432. The molecule has 1 aromatic carbocycles. The topological polar surface area (TPSA) is 58.7 Å². The summed E-state index contributed by atoms with van der Waals surface area (Å²) in [4.78, 5) is 2.32. The zero-order valence-electron chi connectivity index (χ0n) is 11.9. The fraction of sp³-hybridized carbons (Fsp3) is 0.600. The van der Waals surface area contributed by atoms with E-state index in [1.807, 2.05) is 19.1 Å². The lowest BCUT2D eigenvalue weighted by atomic mass is 10.0. The molecular formula is C15H23ClN2O2. The zero-order chi connectivity index (χ0) is 14.5. The van der Waals surface area contributed by atoms with Gasteiger partial charge in [-0.1, -0.05) is 17.7 Å². The molecule has 3 N–H and O–H groups in total. The Morgan fingerprint density at radius 3 is 2.70 bits per heavy atom. The van der Waals surface area contributed by atoms with Crippen LogP contribution in [-0.2, 0) is 4.74 Å². The molecule has 0 saturated carbocycles. The van der Waals surface area contributed by atoms with Crippen molar-refractivity contribution in [3.8, 4) is 0 Å². The number of piperidine rings is 1. The molecule has 0 radical (unpaired) electrons. The molecule has 20 heavy (non-hydrogen) atoms. The molecule has 0 bridgehead atoms. The molecule has 1 heterocycles. The summed E-state index contributed by atoms with van der Waals surface area (Å²) in [7, 11) is 0. The van der Waals surface area contributed by atoms with Gasteiger partial charge in [-0.05, 0) is 37.5 Å². The van der Waals surface area contributed by atoms with Gasteiger partial charge in [0.2, 0.25) is 0 Å². The number of ether oxygens (including phenoxy) is 1. The maximum Gasteiger partial charge on any atom is 0.0701 e. The number of nitrogens with zero attached hydrogens (tertiary/aromatic N) is 1. The quantitative estimate of drug-likeness (QED) is 0.876. The first kappa shape index (κ1) is 15.6. The SMILES string of the molecule is CC(N)c1ccc(N2CCC(OCCO)CC2)cc1Cl. The van der Waals surface area contributed by atoms with Gasteiger partial charge >= 0.3 is 0 Å². The molecule has 1 aliphatic rings. The number of aliphatic hydroxyl groups is 1. The largest absolute Gasteiger partial charge is 0.394 e. The van der Waals surface area contributed by atoms with Crippen LogP contribution >= 0.6 is 11.6 Å². The van der Waals surface area contributed by atoms with E-state index in [0.717, 1.165) is 42.2 Å². The van der Waals surface area contributed by atoms with Crippen molar-refractivity contribution in [2.24, 2.45) is 5.73 Å². The molecule has 112 valence electrons. The normalized spacial score (nSPS) is 18.3. The first-order valence-electron chi connectivity index (χ1n) is 7.14. The predicted octanol–water partition coefficient (Wildman–Crippen LogP) is 2.34. The van der Waals surface area contributed by atoms with E-state index in [1.165, 1.54) is 0 Å². The van der Waals surface area contributed by atoms with Gasteiger partial charge in [-0.2, -0.15) is 0 Å². The number of hydrogen-bond donors (Lipinski definition) is 2. The van der Waals surface area contributed by atoms with E-state index in [9.17, 15) is 0 Å². The van der Waals surface area contributed by atoms with Gasteiger partial charge in [-0.3, -0.25) is 0 Å². The summed E-state index contributed by atoms with van der Waals surface area (Å²) >= 11 is 6.28. The van der Waals surface area contributed by atoms with Crippen molar-refractivity contribution in [1.29, 1.82) is 0 Å². The molecule has 0 amide bonds. The monoisotopic (exact) mass is 298 g/mol. The molecule has 1 unspecified atom stereocenters. The summed E-state index contributed by atoms with van der Waals surface area (Å²) in [6, 6.07) is 6.04. The molecule has 0 aromatic heterocycles. The minimum atomic E-state index is -0.0471. The summed E-state index contributed by atoms with van der Waals surface area (Å²) in [5.74, 6) is 0. The molecule has 1 saturated heterocycles. The number of halogens is 1. The summed E-state index contributed by atoms with van der Waals surface area (Å²) < 4.78 is 5.57. The van der Waals surface area contributed by atoms with Crippen LogP contribution in [0.15, 0.2) is 18.2 Å². The third-order valence-corrected chi connectivity index (χ3v) is 4.05. The highest BCUT2D eigenvalue weighted by molar-refractivity contribution is 6.31. The van der Waals surface area contributed by atoms with Crippen LogP contribution in [-0.4, -0.2) is 37.5 Å². The first-order valence-corrected chi connectivity index (χ1v) is 7.52. The Hall–Kier alpha value is -0.810. The Labute approximate surface area is 125 Å². The Balaban J connectivity index is 1.95. The van der Waals surface area contributed by atoms with Gasteiger partial charge in [0.15, 0.2) is 0 Å². The highest BCUT2D eigenvalue weighted by Crippen LogP contribution is 2.29. The lowest BCUT2D eigenvalue weighted by Crippen LogP contribution is -2.37. The second-order valence-electron chi connectivity index (χ2n) is 5.28. The molecule has 1 aliphatic heterocycles. The van der Waals surface area contributed by atoms with Crippen molar-refractivity contribution in [3.05, 3.63) is 28.8 Å². The van der Waals surface area contributed by atoms with Gasteiger partial charge in [-0.15, -0.1) is 0 Å². The number of aliphatic hydroxyl groups excluding tert-OH is 1. The van der Waals surface area contributed by atoms with E-state index < -0.39 is 0 Å². The average Bonchev–Trinajstić information content (AvgIpc) is 2.45. The highest BCUT2D eigenvalue weighted by atomic mass is 35.5. The molecule has 2 rings (SSSR count). The summed E-state index contributed by atoms with van der Waals surface area (Å²) in [6.45, 7) is 4.35. The number of rotatable bonds is 5. The van der Waals surface area contributed by atoms with E-state index in [1.54, 1.807) is 0 Å². The van der Waals surface area contributed by atoms with E-state index >= 15 is 0 Å². The summed E-state index contributed by atoms with van der Waals surface area (Å²) in [5.41, 5.74) is 7.99. The van der Waals surface area contributed by atoms with Gasteiger partial charge in [0.05, 0.1) is 19.3 Å². The standard InChI is InChI=1S/C15H23ClN2O2/c1-11(17)14-3-2-12(10-15(14)16)18-6-4-13(5-7-18)20-9-8-19/h2-3,10-11,13,19H,4-9,17H2,1H3. The number of anilines is 1. The van der Waals surface area contributed by atoms with Gasteiger partial charge < -0.3 is 20.5 Å². The van der Waals surface area contributed by atoms with Crippen molar-refractivity contribution >= 4 is 17.3 Å². The summed E-state index contributed by atoms with van der Waals surface area (Å²) in [5, 5.41) is 9.50. The van der Waals surface area contributed by atoms with E-state index in [4.69, 9.17) is 27.2 Å². The van der Waals surface area contributed by atoms with Gasteiger partial charge in [0.25, 0.3) is 0 Å². The minimum absolute atomic E-state index is 0.0471. The van der Waals surface area contributed by atoms with Crippen LogP contribution in [0.2, 0.25) is 5.02 Å². The Morgan fingerprint density at radius 1 is 1.45 bits per heavy atom. The molecule has 5 heteroatoms. The predicted molar refractivity (Wildman–Crippen MR) is 82.3 cm³/mol. The van der Waals surface area contributed by atoms with Crippen molar-refractivity contribution in [1.82, 2.24) is 0 Å². The maximum absolute atomic E-state index is 8.77. The third-order valence-electron chi connectivity index (χ3n) is 3.73. The number of hydrogen-bond acceptors (Lipinski definition) is 4. The van der Waals surface area contributed by atoms with Crippen molar-refractivity contribution < 1.29 is 9.84 Å². The van der Waals surface area contributed by atoms with Gasteiger partial charge in [0.1, 0.15) is 0 Å². The fourth-order valence-electron chi connectivity index (χ4n) is 2.58. The second-order valence-corrected chi connectivity index (χ2v) is 5.68. The first-order chi connectivity index (χ1) is 9.61.